The van der Waals surface area contributed by atoms with E-state index in [2.05, 4.69) is 10.3 Å². The number of thioether (sulfide) groups is 1. The average Bonchev–Trinajstić information content (AvgIpc) is 2.90. The summed E-state index contributed by atoms with van der Waals surface area (Å²) in [5.74, 6) is -0.652. The first-order valence-corrected chi connectivity index (χ1v) is 8.96. The molecular formula is C15H24N4O4S. The molecule has 1 N–H and O–H groups in total. The minimum Gasteiger partial charge on any atom is -0.465 e. The highest BCUT2D eigenvalue weighted by molar-refractivity contribution is 8.14. The Bertz CT molecular complexity index is 566. The SMILES string of the molecule is CCOC(=O)C(CC)SC1=NC2C(C(=O)NC(=O)N2C)N1C(C)C. The second-order valence-corrected chi connectivity index (χ2v) is 7.11. The van der Waals surface area contributed by atoms with Gasteiger partial charge in [0, 0.05) is 13.1 Å². The Balaban J connectivity index is 2.28. The molecule has 2 aliphatic rings. The molecule has 0 aliphatic carbocycles. The number of imide groups is 1. The van der Waals surface area contributed by atoms with Gasteiger partial charge in [-0.1, -0.05) is 18.7 Å². The molecule has 0 radical (unpaired) electrons. The topological polar surface area (TPSA) is 91.3 Å². The molecule has 1 fully saturated rings. The van der Waals surface area contributed by atoms with Crippen LogP contribution in [0.1, 0.15) is 34.1 Å². The predicted molar refractivity (Wildman–Crippen MR) is 91.6 cm³/mol. The Labute approximate surface area is 146 Å². The molecule has 9 heteroatoms. The van der Waals surface area contributed by atoms with Crippen LogP contribution in [0.5, 0.6) is 0 Å². The Morgan fingerprint density at radius 2 is 2.04 bits per heavy atom. The molecule has 1 saturated heterocycles. The normalized spacial score (nSPS) is 24.7. The van der Waals surface area contributed by atoms with Crippen molar-refractivity contribution in [2.75, 3.05) is 13.7 Å². The molecule has 3 atom stereocenters. The summed E-state index contributed by atoms with van der Waals surface area (Å²) >= 11 is 1.29. The maximum absolute atomic E-state index is 12.3. The van der Waals surface area contributed by atoms with Crippen LogP contribution in [0, 0.1) is 0 Å². The number of hydrogen-bond acceptors (Lipinski definition) is 7. The van der Waals surface area contributed by atoms with Crippen LogP contribution in [-0.2, 0) is 14.3 Å². The lowest BCUT2D eigenvalue weighted by atomic mass is 10.1. The lowest BCUT2D eigenvalue weighted by Gasteiger charge is -2.38. The number of hydrogen-bond donors (Lipinski definition) is 1. The van der Waals surface area contributed by atoms with Crippen molar-refractivity contribution >= 4 is 34.8 Å². The number of ether oxygens (including phenoxy) is 1. The highest BCUT2D eigenvalue weighted by atomic mass is 32.2. The number of urea groups is 1. The lowest BCUT2D eigenvalue weighted by molar-refractivity contribution is -0.142. The highest BCUT2D eigenvalue weighted by Gasteiger charge is 2.50. The average molecular weight is 356 g/mol. The zero-order chi connectivity index (χ0) is 18.0. The number of esters is 1. The molecule has 0 aromatic heterocycles. The Morgan fingerprint density at radius 1 is 1.38 bits per heavy atom. The van der Waals surface area contributed by atoms with Crippen molar-refractivity contribution in [3.8, 4) is 0 Å². The number of carbonyl (C=O) groups is 3. The van der Waals surface area contributed by atoms with Gasteiger partial charge in [-0.3, -0.25) is 14.9 Å². The molecule has 0 saturated carbocycles. The second kappa shape index (κ2) is 7.42. The first kappa shape index (κ1) is 18.6. The third kappa shape index (κ3) is 3.35. The number of nitrogens with one attached hydrogen (secondary N) is 1. The lowest BCUT2D eigenvalue weighted by Crippen LogP contribution is -2.64. The molecule has 0 aromatic carbocycles. The van der Waals surface area contributed by atoms with E-state index >= 15 is 0 Å². The third-order valence-corrected chi connectivity index (χ3v) is 5.32. The second-order valence-electron chi connectivity index (χ2n) is 5.94. The van der Waals surface area contributed by atoms with Crippen LogP contribution < -0.4 is 5.32 Å². The first-order valence-electron chi connectivity index (χ1n) is 8.08. The summed E-state index contributed by atoms with van der Waals surface area (Å²) in [6.07, 6.45) is 0.0148. The molecule has 8 nitrogen and oxygen atoms in total. The van der Waals surface area contributed by atoms with E-state index in [1.165, 1.54) is 16.7 Å². The maximum atomic E-state index is 12.3. The van der Waals surface area contributed by atoms with Crippen LogP contribution in [0.3, 0.4) is 0 Å². The summed E-state index contributed by atoms with van der Waals surface area (Å²) in [7, 11) is 1.61. The summed E-state index contributed by atoms with van der Waals surface area (Å²) in [5.41, 5.74) is 0. The van der Waals surface area contributed by atoms with Gasteiger partial charge in [-0.25, -0.2) is 9.79 Å². The van der Waals surface area contributed by atoms with Gasteiger partial charge >= 0.3 is 12.0 Å². The van der Waals surface area contributed by atoms with Crippen LogP contribution in [0.4, 0.5) is 4.79 Å². The van der Waals surface area contributed by atoms with Crippen molar-refractivity contribution in [3.05, 3.63) is 0 Å². The fourth-order valence-corrected chi connectivity index (χ4v) is 3.96. The molecule has 0 spiro atoms. The zero-order valence-electron chi connectivity index (χ0n) is 14.6. The van der Waals surface area contributed by atoms with Crippen LogP contribution in [0.25, 0.3) is 0 Å². The monoisotopic (exact) mass is 356 g/mol. The number of amides is 3. The van der Waals surface area contributed by atoms with E-state index in [4.69, 9.17) is 4.74 Å². The Hall–Kier alpha value is -1.77. The van der Waals surface area contributed by atoms with Gasteiger partial charge in [0.2, 0.25) is 0 Å². The van der Waals surface area contributed by atoms with E-state index in [0.29, 0.717) is 18.2 Å². The number of amidine groups is 1. The van der Waals surface area contributed by atoms with Gasteiger partial charge in [-0.15, -0.1) is 0 Å². The summed E-state index contributed by atoms with van der Waals surface area (Å²) in [5, 5.41) is 2.55. The fraction of sp³-hybridized carbons (Fsp3) is 0.733. The molecule has 0 aromatic rings. The molecule has 134 valence electrons. The van der Waals surface area contributed by atoms with Crippen LogP contribution in [0.15, 0.2) is 4.99 Å². The van der Waals surface area contributed by atoms with Gasteiger partial charge in [-0.2, -0.15) is 0 Å². The molecule has 2 heterocycles. The third-order valence-electron chi connectivity index (χ3n) is 3.99. The number of fused-ring (bicyclic) bond motifs is 1. The number of rotatable bonds is 5. The van der Waals surface area contributed by atoms with Gasteiger partial charge in [0.05, 0.1) is 6.61 Å². The summed E-state index contributed by atoms with van der Waals surface area (Å²) in [6.45, 7) is 7.89. The van der Waals surface area contributed by atoms with Gasteiger partial charge in [0.25, 0.3) is 5.91 Å². The molecule has 24 heavy (non-hydrogen) atoms. The van der Waals surface area contributed by atoms with E-state index in [1.54, 1.807) is 14.0 Å². The Kier molecular flexibility index (Phi) is 5.74. The molecule has 0 bridgehead atoms. The summed E-state index contributed by atoms with van der Waals surface area (Å²) in [4.78, 5) is 44.1. The van der Waals surface area contributed by atoms with Gasteiger partial charge < -0.3 is 14.5 Å². The molecule has 2 aliphatic heterocycles. The standard InChI is InChI=1S/C15H24N4O4S/c1-6-9(13(21)23-7-2)24-15-16-11-10(19(15)8(3)4)12(20)17-14(22)18(11)5/h8-11H,6-7H2,1-5H3,(H,17,20,22). The van der Waals surface area contributed by atoms with Gasteiger partial charge in [0.15, 0.2) is 17.4 Å². The van der Waals surface area contributed by atoms with Crippen molar-refractivity contribution < 1.29 is 19.1 Å². The molecule has 2 rings (SSSR count). The van der Waals surface area contributed by atoms with Crippen molar-refractivity contribution in [2.45, 2.75) is 57.6 Å². The van der Waals surface area contributed by atoms with Crippen molar-refractivity contribution in [1.82, 2.24) is 15.1 Å². The predicted octanol–water partition coefficient (Wildman–Crippen LogP) is 1.02. The van der Waals surface area contributed by atoms with E-state index in [1.807, 2.05) is 25.7 Å². The fourth-order valence-electron chi connectivity index (χ4n) is 2.75. The molecule has 3 amide bonds. The summed E-state index contributed by atoms with van der Waals surface area (Å²) < 4.78 is 5.10. The minimum atomic E-state index is -0.574. The highest BCUT2D eigenvalue weighted by Crippen LogP contribution is 2.32. The molecule has 3 unspecified atom stereocenters. The van der Waals surface area contributed by atoms with Gasteiger partial charge in [0.1, 0.15) is 5.25 Å². The van der Waals surface area contributed by atoms with Crippen molar-refractivity contribution in [3.63, 3.8) is 0 Å². The number of nitrogens with zero attached hydrogens (tertiary/aromatic N) is 3. The van der Waals surface area contributed by atoms with Crippen LogP contribution in [0.2, 0.25) is 0 Å². The van der Waals surface area contributed by atoms with Crippen molar-refractivity contribution in [2.24, 2.45) is 4.99 Å². The number of aliphatic imine (C=N–C) groups is 1. The van der Waals surface area contributed by atoms with E-state index in [-0.39, 0.29) is 17.9 Å². The largest absolute Gasteiger partial charge is 0.465 e. The van der Waals surface area contributed by atoms with E-state index in [0.717, 1.165) is 0 Å². The minimum absolute atomic E-state index is 0.00157. The van der Waals surface area contributed by atoms with Crippen molar-refractivity contribution in [1.29, 1.82) is 0 Å². The van der Waals surface area contributed by atoms with Crippen LogP contribution >= 0.6 is 11.8 Å². The molecular weight excluding hydrogens is 332 g/mol. The maximum Gasteiger partial charge on any atom is 0.325 e. The van der Waals surface area contributed by atoms with E-state index in [9.17, 15) is 14.4 Å². The van der Waals surface area contributed by atoms with Gasteiger partial charge in [-0.05, 0) is 27.2 Å². The van der Waals surface area contributed by atoms with E-state index < -0.39 is 23.5 Å². The van der Waals surface area contributed by atoms with Crippen LogP contribution in [-0.4, -0.2) is 70.0 Å². The number of carbonyl (C=O) groups excluding carboxylic acids is 3. The smallest absolute Gasteiger partial charge is 0.325 e. The number of likely N-dealkylation sites (N-methyl/N-ethyl adjacent to an activating group) is 1. The quantitative estimate of drug-likeness (QED) is 0.740. The zero-order valence-corrected chi connectivity index (χ0v) is 15.4. The Morgan fingerprint density at radius 3 is 2.58 bits per heavy atom. The summed E-state index contributed by atoms with van der Waals surface area (Å²) in [6, 6.07) is -1.04. The first-order chi connectivity index (χ1) is 11.3.